The third kappa shape index (κ3) is 7.63. The second kappa shape index (κ2) is 14.5. The quantitative estimate of drug-likeness (QED) is 0.274. The van der Waals surface area contributed by atoms with E-state index in [2.05, 4.69) is 9.97 Å². The van der Waals surface area contributed by atoms with Crippen LogP contribution >= 0.6 is 0 Å². The number of hydrogen-bond donors (Lipinski definition) is 1. The Morgan fingerprint density at radius 2 is 1.64 bits per heavy atom. The first-order valence-electron chi connectivity index (χ1n) is 16.0. The molecule has 0 unspecified atom stereocenters. The largest absolute Gasteiger partial charge is 0.475 e. The first-order valence-corrected chi connectivity index (χ1v) is 16.0. The Balaban J connectivity index is 1.48. The van der Waals surface area contributed by atoms with Crippen molar-refractivity contribution in [3.63, 3.8) is 0 Å². The van der Waals surface area contributed by atoms with Gasteiger partial charge in [-0.3, -0.25) is 19.4 Å². The van der Waals surface area contributed by atoms with Crippen molar-refractivity contribution in [1.82, 2.24) is 19.8 Å². The zero-order valence-corrected chi connectivity index (χ0v) is 27.0. The minimum atomic E-state index is -4.87. The fraction of sp³-hybridized carbons (Fsp3) is 0.441. The van der Waals surface area contributed by atoms with Crippen molar-refractivity contribution in [1.29, 1.82) is 0 Å². The monoisotopic (exact) mass is 707 g/mol. The number of ether oxygens (including phenoxy) is 2. The number of carbonyl (C=O) groups is 3. The average Bonchev–Trinajstić information content (AvgIpc) is 3.08. The van der Waals surface area contributed by atoms with Crippen LogP contribution in [0.5, 0.6) is 11.6 Å². The van der Waals surface area contributed by atoms with E-state index in [9.17, 15) is 40.7 Å². The van der Waals surface area contributed by atoms with Gasteiger partial charge in [-0.25, -0.2) is 4.98 Å². The van der Waals surface area contributed by atoms with Gasteiger partial charge in [0.05, 0.1) is 22.7 Å². The minimum absolute atomic E-state index is 0.00325. The molecule has 16 heteroatoms. The van der Waals surface area contributed by atoms with E-state index in [0.717, 1.165) is 36.7 Å². The van der Waals surface area contributed by atoms with Crippen molar-refractivity contribution in [2.75, 3.05) is 19.6 Å². The van der Waals surface area contributed by atoms with Crippen LogP contribution in [0.3, 0.4) is 0 Å². The summed E-state index contributed by atoms with van der Waals surface area (Å²) in [6.45, 7) is 2.04. The molecular weight excluding hydrogens is 672 g/mol. The predicted molar refractivity (Wildman–Crippen MR) is 166 cm³/mol. The number of likely N-dealkylation sites (tertiary alicyclic amines) is 2. The lowest BCUT2D eigenvalue weighted by atomic mass is 9.79. The van der Waals surface area contributed by atoms with Gasteiger partial charge in [-0.05, 0) is 55.3 Å². The molecule has 0 saturated carbocycles. The van der Waals surface area contributed by atoms with Crippen molar-refractivity contribution < 1.29 is 50.2 Å². The maximum Gasteiger partial charge on any atom is 0.417 e. The topological polar surface area (TPSA) is 128 Å². The van der Waals surface area contributed by atoms with Crippen LogP contribution in [-0.2, 0) is 17.1 Å². The van der Waals surface area contributed by atoms with Gasteiger partial charge in [-0.2, -0.15) is 26.3 Å². The van der Waals surface area contributed by atoms with E-state index in [4.69, 9.17) is 15.2 Å². The number of amides is 3. The number of primary amides is 1. The lowest BCUT2D eigenvalue weighted by Crippen LogP contribution is -2.68. The van der Waals surface area contributed by atoms with Crippen molar-refractivity contribution in [3.8, 4) is 11.6 Å². The Hall–Kier alpha value is -4.89. The molecule has 2 atom stereocenters. The number of carbonyl (C=O) groups excluding carboxylic acids is 3. The van der Waals surface area contributed by atoms with Gasteiger partial charge in [0.15, 0.2) is 0 Å². The highest BCUT2D eigenvalue weighted by atomic mass is 19.4. The van der Waals surface area contributed by atoms with Gasteiger partial charge >= 0.3 is 12.4 Å². The zero-order chi connectivity index (χ0) is 36.3. The fourth-order valence-electron chi connectivity index (χ4n) is 6.57. The molecule has 4 heterocycles. The second-order valence-corrected chi connectivity index (χ2v) is 12.2. The van der Waals surface area contributed by atoms with Crippen LogP contribution in [0.2, 0.25) is 0 Å². The lowest BCUT2D eigenvalue weighted by Gasteiger charge is -2.50. The molecular formula is C34H35F6N5O5. The first-order chi connectivity index (χ1) is 23.7. The number of hydrogen-bond acceptors (Lipinski definition) is 7. The smallest absolute Gasteiger partial charge is 0.417 e. The maximum atomic E-state index is 14.7. The summed E-state index contributed by atoms with van der Waals surface area (Å²) in [6, 6.07) is 6.38. The summed E-state index contributed by atoms with van der Waals surface area (Å²) in [6.07, 6.45) is -5.46. The third-order valence-corrected chi connectivity index (χ3v) is 8.93. The molecule has 0 radical (unpaired) electrons. The van der Waals surface area contributed by atoms with Crippen molar-refractivity contribution in [2.45, 2.75) is 75.5 Å². The first kappa shape index (κ1) is 36.4. The highest BCUT2D eigenvalue weighted by Crippen LogP contribution is 2.41. The van der Waals surface area contributed by atoms with Gasteiger partial charge in [0.25, 0.3) is 17.7 Å². The normalized spacial score (nSPS) is 20.3. The molecule has 2 aliphatic heterocycles. The minimum Gasteiger partial charge on any atom is -0.475 e. The molecule has 3 amide bonds. The van der Waals surface area contributed by atoms with E-state index in [0.29, 0.717) is 25.3 Å². The molecule has 0 bridgehead atoms. The fourth-order valence-corrected chi connectivity index (χ4v) is 6.57. The number of aromatic nitrogens is 2. The number of nitrogens with two attached hydrogens (primary N) is 1. The summed E-state index contributed by atoms with van der Waals surface area (Å²) >= 11 is 0. The Bertz CT molecular complexity index is 1690. The number of pyridine rings is 2. The van der Waals surface area contributed by atoms with Crippen LogP contribution in [0, 0.1) is 0 Å². The molecule has 10 nitrogen and oxygen atoms in total. The van der Waals surface area contributed by atoms with Gasteiger partial charge < -0.3 is 25.0 Å². The van der Waals surface area contributed by atoms with Gasteiger partial charge in [-0.1, -0.05) is 13.3 Å². The number of benzene rings is 1. The number of piperidine rings is 2. The van der Waals surface area contributed by atoms with Crippen molar-refractivity contribution in [2.24, 2.45) is 5.73 Å². The maximum absolute atomic E-state index is 14.7. The summed E-state index contributed by atoms with van der Waals surface area (Å²) in [5.74, 6) is -2.32. The molecule has 2 aromatic heterocycles. The summed E-state index contributed by atoms with van der Waals surface area (Å²) in [5, 5.41) is 0. The molecule has 2 aliphatic rings. The van der Waals surface area contributed by atoms with Crippen molar-refractivity contribution in [3.05, 3.63) is 83.3 Å². The van der Waals surface area contributed by atoms with Crippen LogP contribution in [-0.4, -0.2) is 74.9 Å². The SMILES string of the molecule is CCC[C@H]1N(C(=O)c2cnccc2C(F)(F)F)CCC[C@@]1(Oc1ccc(C(F)(F)F)cc1)C(=O)N1CCC(Oc2ncccc2C(N)=O)CC1. The summed E-state index contributed by atoms with van der Waals surface area (Å²) in [7, 11) is 0. The Kier molecular flexibility index (Phi) is 10.6. The van der Waals surface area contributed by atoms with E-state index >= 15 is 0 Å². The Labute approximate surface area is 283 Å². The van der Waals surface area contributed by atoms with Crippen molar-refractivity contribution >= 4 is 17.7 Å². The number of alkyl halides is 6. The van der Waals surface area contributed by atoms with Gasteiger partial charge in [0, 0.05) is 57.5 Å². The third-order valence-electron chi connectivity index (χ3n) is 8.93. The number of nitrogens with zero attached hydrogens (tertiary/aromatic N) is 4. The van der Waals surface area contributed by atoms with Crippen LogP contribution < -0.4 is 15.2 Å². The van der Waals surface area contributed by atoms with E-state index in [-0.39, 0.29) is 56.1 Å². The highest BCUT2D eigenvalue weighted by molar-refractivity contribution is 5.97. The standard InChI is InChI=1S/C34H35F6N5O5/c1-2-5-27-32(50-23-9-7-21(8-10-23)33(35,36)37,14-4-17-45(27)30(47)25-20-42-16-11-26(25)34(38,39)40)31(48)44-18-12-22(13-19-44)49-29-24(28(41)46)6-3-15-43-29/h3,6-11,15-16,20,22,27H,2,4-5,12-14,17-19H2,1H3,(H2,41,46)/t27-,32+/m1/s1. The molecule has 2 N–H and O–H groups in total. The molecule has 268 valence electrons. The van der Waals surface area contributed by atoms with E-state index in [1.54, 1.807) is 6.92 Å². The van der Waals surface area contributed by atoms with E-state index < -0.39 is 64.5 Å². The van der Waals surface area contributed by atoms with Crippen LogP contribution in [0.4, 0.5) is 26.3 Å². The summed E-state index contributed by atoms with van der Waals surface area (Å²) in [5.41, 5.74) is 0.843. The summed E-state index contributed by atoms with van der Waals surface area (Å²) in [4.78, 5) is 51.1. The molecule has 0 spiro atoms. The second-order valence-electron chi connectivity index (χ2n) is 12.2. The van der Waals surface area contributed by atoms with E-state index in [1.807, 2.05) is 0 Å². The number of rotatable bonds is 9. The average molecular weight is 708 g/mol. The molecule has 3 aromatic rings. The van der Waals surface area contributed by atoms with E-state index in [1.165, 1.54) is 28.1 Å². The molecule has 50 heavy (non-hydrogen) atoms. The lowest BCUT2D eigenvalue weighted by molar-refractivity contribution is -0.161. The molecule has 0 aliphatic carbocycles. The van der Waals surface area contributed by atoms with Gasteiger partial charge in [0.2, 0.25) is 11.5 Å². The molecule has 5 rings (SSSR count). The highest BCUT2D eigenvalue weighted by Gasteiger charge is 2.56. The molecule has 1 aromatic carbocycles. The predicted octanol–water partition coefficient (Wildman–Crippen LogP) is 5.91. The summed E-state index contributed by atoms with van der Waals surface area (Å²) < 4.78 is 94.4. The van der Waals surface area contributed by atoms with Crippen LogP contribution in [0.25, 0.3) is 0 Å². The van der Waals surface area contributed by atoms with Crippen LogP contribution in [0.15, 0.2) is 61.1 Å². The van der Waals surface area contributed by atoms with Gasteiger partial charge in [-0.15, -0.1) is 0 Å². The number of halogens is 6. The Morgan fingerprint density at radius 3 is 2.26 bits per heavy atom. The zero-order valence-electron chi connectivity index (χ0n) is 27.0. The molecule has 2 fully saturated rings. The Morgan fingerprint density at radius 1 is 0.940 bits per heavy atom. The van der Waals surface area contributed by atoms with Crippen LogP contribution in [0.1, 0.15) is 77.3 Å². The molecule has 2 saturated heterocycles. The van der Waals surface area contributed by atoms with Gasteiger partial charge in [0.1, 0.15) is 17.4 Å².